The predicted molar refractivity (Wildman–Crippen MR) is 128 cm³/mol. The molecule has 4 nitrogen and oxygen atoms in total. The van der Waals surface area contributed by atoms with Crippen LogP contribution >= 0.6 is 0 Å². The molecule has 1 aliphatic heterocycles. The van der Waals surface area contributed by atoms with E-state index in [-0.39, 0.29) is 17.6 Å². The lowest BCUT2D eigenvalue weighted by Gasteiger charge is -2.33. The molecule has 5 heteroatoms. The third-order valence-electron chi connectivity index (χ3n) is 6.77. The van der Waals surface area contributed by atoms with Crippen LogP contribution < -0.4 is 0 Å². The maximum atomic E-state index is 14.1. The van der Waals surface area contributed by atoms with E-state index in [1.54, 1.807) is 6.07 Å². The number of likely N-dealkylation sites (tertiary alicyclic amines) is 1. The van der Waals surface area contributed by atoms with E-state index >= 15 is 0 Å². The summed E-state index contributed by atoms with van der Waals surface area (Å²) in [5.41, 5.74) is 3.89. The number of aromatic nitrogens is 2. The number of benzene rings is 2. The molecule has 1 atom stereocenters. The minimum absolute atomic E-state index is 0.119. The molecule has 4 aromatic rings. The van der Waals surface area contributed by atoms with Crippen LogP contribution in [-0.4, -0.2) is 33.3 Å². The second kappa shape index (κ2) is 9.57. The van der Waals surface area contributed by atoms with Gasteiger partial charge >= 0.3 is 0 Å². The van der Waals surface area contributed by atoms with Crippen molar-refractivity contribution in [1.82, 2.24) is 14.3 Å². The van der Waals surface area contributed by atoms with Gasteiger partial charge in [-0.2, -0.15) is 0 Å². The van der Waals surface area contributed by atoms with Crippen molar-refractivity contribution >= 4 is 11.6 Å². The summed E-state index contributed by atoms with van der Waals surface area (Å²) in [6, 6.07) is 23.0. The summed E-state index contributed by atoms with van der Waals surface area (Å²) in [7, 11) is 0. The molecule has 5 rings (SSSR count). The second-order valence-corrected chi connectivity index (χ2v) is 8.94. The molecule has 0 saturated carbocycles. The second-order valence-electron chi connectivity index (χ2n) is 8.94. The molecule has 1 aliphatic rings. The van der Waals surface area contributed by atoms with Gasteiger partial charge in [0.05, 0.1) is 5.69 Å². The van der Waals surface area contributed by atoms with Crippen molar-refractivity contribution in [3.63, 3.8) is 0 Å². The van der Waals surface area contributed by atoms with Crippen LogP contribution in [0.5, 0.6) is 0 Å². The molecule has 3 heterocycles. The summed E-state index contributed by atoms with van der Waals surface area (Å²) in [4.78, 5) is 19.9. The van der Waals surface area contributed by atoms with E-state index in [0.29, 0.717) is 12.3 Å². The molecule has 0 N–H and O–H groups in total. The van der Waals surface area contributed by atoms with Crippen LogP contribution in [0.2, 0.25) is 0 Å². The molecule has 1 amide bonds. The molecule has 1 fully saturated rings. The zero-order valence-electron chi connectivity index (χ0n) is 18.6. The number of nitrogens with zero attached hydrogens (tertiary/aromatic N) is 3. The zero-order valence-corrected chi connectivity index (χ0v) is 18.6. The molecule has 1 unspecified atom stereocenters. The third kappa shape index (κ3) is 4.82. The topological polar surface area (TPSA) is 37.6 Å². The number of carbonyl (C=O) groups excluding carboxylic acids is 1. The Labute approximate surface area is 193 Å². The summed E-state index contributed by atoms with van der Waals surface area (Å²) in [5.74, 6) is 0.177. The Morgan fingerprint density at radius 3 is 2.58 bits per heavy atom. The number of amides is 1. The third-order valence-corrected chi connectivity index (χ3v) is 6.77. The van der Waals surface area contributed by atoms with Gasteiger partial charge in [-0.3, -0.25) is 4.79 Å². The number of piperidine rings is 1. The average Bonchev–Trinajstić information content (AvgIpc) is 3.27. The van der Waals surface area contributed by atoms with E-state index in [4.69, 9.17) is 0 Å². The van der Waals surface area contributed by atoms with Crippen molar-refractivity contribution in [2.24, 2.45) is 5.92 Å². The van der Waals surface area contributed by atoms with E-state index < -0.39 is 0 Å². The molecular formula is C28H28FN3O. The smallest absolute Gasteiger partial charge is 0.223 e. The maximum Gasteiger partial charge on any atom is 0.223 e. The quantitative estimate of drug-likeness (QED) is 0.398. The highest BCUT2D eigenvalue weighted by Crippen LogP contribution is 2.31. The Hall–Kier alpha value is -3.47. The van der Waals surface area contributed by atoms with Crippen LogP contribution in [0.1, 0.15) is 42.0 Å². The zero-order chi connectivity index (χ0) is 22.6. The number of imidazole rings is 1. The van der Waals surface area contributed by atoms with Crippen LogP contribution in [0, 0.1) is 11.7 Å². The first-order valence-electron chi connectivity index (χ1n) is 11.7. The monoisotopic (exact) mass is 441 g/mol. The van der Waals surface area contributed by atoms with Gasteiger partial charge in [0.1, 0.15) is 11.5 Å². The number of halogens is 1. The summed E-state index contributed by atoms with van der Waals surface area (Å²) in [6.07, 6.45) is 7.15. The SMILES string of the molecule is O=C(CC(c1cccc(F)c1)c1cnc2ccccn12)N1CCC(Cc2ccccc2)CC1. The van der Waals surface area contributed by atoms with Crippen LogP contribution in [0.4, 0.5) is 4.39 Å². The lowest BCUT2D eigenvalue weighted by Crippen LogP contribution is -2.39. The van der Waals surface area contributed by atoms with Crippen LogP contribution in [0.3, 0.4) is 0 Å². The molecule has 0 aliphatic carbocycles. The molecule has 0 radical (unpaired) electrons. The Morgan fingerprint density at radius 1 is 1.00 bits per heavy atom. The van der Waals surface area contributed by atoms with Crippen molar-refractivity contribution < 1.29 is 9.18 Å². The van der Waals surface area contributed by atoms with Crippen LogP contribution in [0.25, 0.3) is 5.65 Å². The number of carbonyl (C=O) groups is 1. The number of fused-ring (bicyclic) bond motifs is 1. The van der Waals surface area contributed by atoms with Gasteiger partial charge in [0.2, 0.25) is 5.91 Å². The summed E-state index contributed by atoms with van der Waals surface area (Å²) in [5, 5.41) is 0. The molecule has 2 aromatic heterocycles. The summed E-state index contributed by atoms with van der Waals surface area (Å²) >= 11 is 0. The molecule has 0 bridgehead atoms. The highest BCUT2D eigenvalue weighted by atomic mass is 19.1. The summed E-state index contributed by atoms with van der Waals surface area (Å²) < 4.78 is 16.1. The Kier molecular flexibility index (Phi) is 6.20. The van der Waals surface area contributed by atoms with Gasteiger partial charge in [0, 0.05) is 37.8 Å². The fourth-order valence-corrected chi connectivity index (χ4v) is 4.96. The molecule has 2 aromatic carbocycles. The van der Waals surface area contributed by atoms with E-state index in [9.17, 15) is 9.18 Å². The summed E-state index contributed by atoms with van der Waals surface area (Å²) in [6.45, 7) is 1.55. The van der Waals surface area contributed by atoms with Gasteiger partial charge in [0.15, 0.2) is 0 Å². The highest BCUT2D eigenvalue weighted by molar-refractivity contribution is 5.78. The van der Waals surface area contributed by atoms with Gasteiger partial charge in [0.25, 0.3) is 0 Å². The molecular weight excluding hydrogens is 413 g/mol. The Morgan fingerprint density at radius 2 is 1.79 bits per heavy atom. The fraction of sp³-hybridized carbons (Fsp3) is 0.286. The number of pyridine rings is 1. The largest absolute Gasteiger partial charge is 0.343 e. The van der Waals surface area contributed by atoms with Crippen molar-refractivity contribution in [3.8, 4) is 0 Å². The lowest BCUT2D eigenvalue weighted by atomic mass is 9.88. The number of hydrogen-bond acceptors (Lipinski definition) is 2. The normalized spacial score (nSPS) is 15.6. The Balaban J connectivity index is 1.32. The molecule has 33 heavy (non-hydrogen) atoms. The van der Waals surface area contributed by atoms with E-state index in [0.717, 1.165) is 49.3 Å². The average molecular weight is 442 g/mol. The van der Waals surface area contributed by atoms with E-state index in [1.165, 1.54) is 17.7 Å². The van der Waals surface area contributed by atoms with Gasteiger partial charge in [-0.25, -0.2) is 9.37 Å². The maximum absolute atomic E-state index is 14.1. The highest BCUT2D eigenvalue weighted by Gasteiger charge is 2.28. The van der Waals surface area contributed by atoms with Crippen molar-refractivity contribution in [2.45, 2.75) is 31.6 Å². The van der Waals surface area contributed by atoms with Gasteiger partial charge in [-0.15, -0.1) is 0 Å². The van der Waals surface area contributed by atoms with Gasteiger partial charge in [-0.1, -0.05) is 48.5 Å². The van der Waals surface area contributed by atoms with Crippen molar-refractivity contribution in [1.29, 1.82) is 0 Å². The standard InChI is InChI=1S/C28H28FN3O/c29-24-10-6-9-23(18-24)25(26-20-30-27-11-4-5-14-32(26)27)19-28(33)31-15-12-22(13-16-31)17-21-7-2-1-3-8-21/h1-11,14,18,20,22,25H,12-13,15-17,19H2. The van der Waals surface area contributed by atoms with Crippen LogP contribution in [0.15, 0.2) is 85.2 Å². The van der Waals surface area contributed by atoms with E-state index in [1.807, 2.05) is 52.0 Å². The first-order chi connectivity index (χ1) is 16.2. The molecule has 0 spiro atoms. The predicted octanol–water partition coefficient (Wildman–Crippen LogP) is 5.48. The fourth-order valence-electron chi connectivity index (χ4n) is 4.96. The number of rotatable bonds is 6. The van der Waals surface area contributed by atoms with Gasteiger partial charge in [-0.05, 0) is 60.6 Å². The first kappa shape index (κ1) is 21.4. The minimum Gasteiger partial charge on any atom is -0.343 e. The van der Waals surface area contributed by atoms with Gasteiger partial charge < -0.3 is 9.30 Å². The lowest BCUT2D eigenvalue weighted by molar-refractivity contribution is -0.132. The molecule has 168 valence electrons. The number of hydrogen-bond donors (Lipinski definition) is 0. The van der Waals surface area contributed by atoms with Crippen molar-refractivity contribution in [2.75, 3.05) is 13.1 Å². The van der Waals surface area contributed by atoms with Crippen molar-refractivity contribution in [3.05, 3.63) is 108 Å². The minimum atomic E-state index is -0.291. The Bertz CT molecular complexity index is 1230. The van der Waals surface area contributed by atoms with E-state index in [2.05, 4.69) is 29.2 Å². The molecule has 1 saturated heterocycles. The first-order valence-corrected chi connectivity index (χ1v) is 11.7. The van der Waals surface area contributed by atoms with Crippen LogP contribution in [-0.2, 0) is 11.2 Å².